The molecule has 2 aliphatic carbocycles. The number of esters is 1. The summed E-state index contributed by atoms with van der Waals surface area (Å²) in [6, 6.07) is 10.4. The first-order valence-electron chi connectivity index (χ1n) is 9.79. The summed E-state index contributed by atoms with van der Waals surface area (Å²) in [6.45, 7) is 6.17. The molecule has 1 saturated heterocycles. The third kappa shape index (κ3) is 3.14. The van der Waals surface area contributed by atoms with Gasteiger partial charge in [-0.05, 0) is 49.8 Å². The second-order valence-corrected chi connectivity index (χ2v) is 8.61. The van der Waals surface area contributed by atoms with Crippen LogP contribution in [0.25, 0.3) is 0 Å². The Balaban J connectivity index is 1.53. The molecule has 1 heterocycles. The SMILES string of the molecule is CC1=CCCC2(C)CC3OC(=O)C(CN(C)Cc4ccccc4)C3C=C12. The van der Waals surface area contributed by atoms with Crippen molar-refractivity contribution in [2.75, 3.05) is 13.6 Å². The van der Waals surface area contributed by atoms with E-state index < -0.39 is 0 Å². The number of hydrogen-bond donors (Lipinski definition) is 0. The molecule has 1 aliphatic heterocycles. The molecule has 3 heteroatoms. The number of fused-ring (bicyclic) bond motifs is 2. The Labute approximate surface area is 156 Å². The van der Waals surface area contributed by atoms with Crippen molar-refractivity contribution in [2.24, 2.45) is 17.3 Å². The Morgan fingerprint density at radius 1 is 1.27 bits per heavy atom. The van der Waals surface area contributed by atoms with E-state index >= 15 is 0 Å². The Morgan fingerprint density at radius 3 is 2.81 bits per heavy atom. The van der Waals surface area contributed by atoms with Crippen molar-refractivity contribution in [2.45, 2.75) is 45.8 Å². The van der Waals surface area contributed by atoms with Gasteiger partial charge in [-0.15, -0.1) is 0 Å². The first-order chi connectivity index (χ1) is 12.5. The molecule has 4 rings (SSSR count). The van der Waals surface area contributed by atoms with Crippen molar-refractivity contribution in [3.05, 3.63) is 59.2 Å². The summed E-state index contributed by atoms with van der Waals surface area (Å²) in [6.07, 6.45) is 8.05. The fraction of sp³-hybridized carbons (Fsp3) is 0.522. The molecule has 0 saturated carbocycles. The summed E-state index contributed by atoms with van der Waals surface area (Å²) in [5, 5.41) is 0. The zero-order valence-electron chi connectivity index (χ0n) is 16.1. The predicted octanol–water partition coefficient (Wildman–Crippen LogP) is 4.35. The van der Waals surface area contributed by atoms with E-state index in [1.54, 1.807) is 0 Å². The van der Waals surface area contributed by atoms with Gasteiger partial charge in [-0.3, -0.25) is 4.79 Å². The number of carbonyl (C=O) groups excluding carboxylic acids is 1. The highest BCUT2D eigenvalue weighted by Gasteiger charge is 2.50. The fourth-order valence-electron chi connectivity index (χ4n) is 5.13. The highest BCUT2D eigenvalue weighted by molar-refractivity contribution is 5.76. The summed E-state index contributed by atoms with van der Waals surface area (Å²) < 4.78 is 5.85. The number of nitrogens with zero attached hydrogens (tertiary/aromatic N) is 1. The van der Waals surface area contributed by atoms with E-state index in [0.29, 0.717) is 0 Å². The molecule has 4 unspecified atom stereocenters. The minimum atomic E-state index is -0.0551. The first-order valence-corrected chi connectivity index (χ1v) is 9.79. The van der Waals surface area contributed by atoms with Gasteiger partial charge in [-0.1, -0.05) is 55.0 Å². The third-order valence-electron chi connectivity index (χ3n) is 6.50. The third-order valence-corrected chi connectivity index (χ3v) is 6.50. The van der Waals surface area contributed by atoms with Gasteiger partial charge in [-0.25, -0.2) is 0 Å². The molecule has 1 aromatic carbocycles. The molecule has 26 heavy (non-hydrogen) atoms. The maximum Gasteiger partial charge on any atom is 0.311 e. The fourth-order valence-corrected chi connectivity index (χ4v) is 5.13. The van der Waals surface area contributed by atoms with Crippen LogP contribution in [0.3, 0.4) is 0 Å². The number of hydrogen-bond acceptors (Lipinski definition) is 3. The van der Waals surface area contributed by atoms with Crippen LogP contribution in [-0.4, -0.2) is 30.6 Å². The minimum Gasteiger partial charge on any atom is -0.461 e. The van der Waals surface area contributed by atoms with Crippen LogP contribution >= 0.6 is 0 Å². The Hall–Kier alpha value is -1.87. The first kappa shape index (κ1) is 17.5. The van der Waals surface area contributed by atoms with Crippen molar-refractivity contribution >= 4 is 5.97 Å². The van der Waals surface area contributed by atoms with Crippen LogP contribution in [0.5, 0.6) is 0 Å². The van der Waals surface area contributed by atoms with Gasteiger partial charge in [0.1, 0.15) is 6.10 Å². The molecule has 3 nitrogen and oxygen atoms in total. The van der Waals surface area contributed by atoms with Crippen LogP contribution < -0.4 is 0 Å². The van der Waals surface area contributed by atoms with E-state index in [9.17, 15) is 4.79 Å². The zero-order chi connectivity index (χ0) is 18.3. The van der Waals surface area contributed by atoms with E-state index in [1.165, 1.54) is 16.7 Å². The molecule has 0 aromatic heterocycles. The van der Waals surface area contributed by atoms with Gasteiger partial charge in [0.2, 0.25) is 0 Å². The zero-order valence-corrected chi connectivity index (χ0v) is 16.1. The van der Waals surface area contributed by atoms with Crippen LogP contribution in [-0.2, 0) is 16.1 Å². The average Bonchev–Trinajstić information content (AvgIpc) is 2.88. The molecule has 0 N–H and O–H groups in total. The largest absolute Gasteiger partial charge is 0.461 e. The van der Waals surface area contributed by atoms with Crippen molar-refractivity contribution < 1.29 is 9.53 Å². The van der Waals surface area contributed by atoms with Crippen LogP contribution in [0.1, 0.15) is 38.7 Å². The van der Waals surface area contributed by atoms with E-state index in [4.69, 9.17) is 4.74 Å². The van der Waals surface area contributed by atoms with Crippen molar-refractivity contribution in [1.82, 2.24) is 4.90 Å². The molecule has 0 radical (unpaired) electrons. The van der Waals surface area contributed by atoms with Crippen molar-refractivity contribution in [3.8, 4) is 0 Å². The maximum atomic E-state index is 12.6. The lowest BCUT2D eigenvalue weighted by Gasteiger charge is -2.43. The van der Waals surface area contributed by atoms with Crippen LogP contribution in [0, 0.1) is 17.3 Å². The lowest BCUT2D eigenvalue weighted by atomic mass is 9.62. The van der Waals surface area contributed by atoms with Gasteiger partial charge in [0.25, 0.3) is 0 Å². The quantitative estimate of drug-likeness (QED) is 0.755. The van der Waals surface area contributed by atoms with Crippen LogP contribution in [0.15, 0.2) is 53.6 Å². The molecule has 0 bridgehead atoms. The van der Waals surface area contributed by atoms with Gasteiger partial charge in [0.15, 0.2) is 0 Å². The average molecular weight is 351 g/mol. The van der Waals surface area contributed by atoms with E-state index in [1.807, 2.05) is 6.07 Å². The van der Waals surface area contributed by atoms with E-state index in [-0.39, 0.29) is 29.3 Å². The smallest absolute Gasteiger partial charge is 0.311 e. The maximum absolute atomic E-state index is 12.6. The molecule has 0 amide bonds. The van der Waals surface area contributed by atoms with Crippen molar-refractivity contribution in [1.29, 1.82) is 0 Å². The Kier molecular flexibility index (Phi) is 4.52. The van der Waals surface area contributed by atoms with Crippen LogP contribution in [0.4, 0.5) is 0 Å². The number of allylic oxidation sites excluding steroid dienone is 3. The summed E-state index contributed by atoms with van der Waals surface area (Å²) in [5.74, 6) is 0.145. The lowest BCUT2D eigenvalue weighted by molar-refractivity contribution is -0.145. The highest BCUT2D eigenvalue weighted by Crippen LogP contribution is 2.52. The van der Waals surface area contributed by atoms with Gasteiger partial charge >= 0.3 is 5.97 Å². The molecule has 138 valence electrons. The van der Waals surface area contributed by atoms with Crippen molar-refractivity contribution in [3.63, 3.8) is 0 Å². The molecular formula is C23H29NO2. The topological polar surface area (TPSA) is 29.5 Å². The number of benzene rings is 1. The lowest BCUT2D eigenvalue weighted by Crippen LogP contribution is -2.38. The van der Waals surface area contributed by atoms with Gasteiger partial charge in [0, 0.05) is 19.0 Å². The monoisotopic (exact) mass is 351 g/mol. The van der Waals surface area contributed by atoms with Gasteiger partial charge in [0.05, 0.1) is 5.92 Å². The minimum absolute atomic E-state index is 0.0133. The normalized spacial score (nSPS) is 33.2. The Bertz CT molecular complexity index is 751. The molecule has 1 aromatic rings. The highest BCUT2D eigenvalue weighted by atomic mass is 16.6. The summed E-state index contributed by atoms with van der Waals surface area (Å²) in [7, 11) is 2.10. The van der Waals surface area contributed by atoms with Gasteiger partial charge in [-0.2, -0.15) is 0 Å². The molecule has 3 aliphatic rings. The van der Waals surface area contributed by atoms with Crippen LogP contribution in [0.2, 0.25) is 0 Å². The molecular weight excluding hydrogens is 322 g/mol. The standard InChI is InChI=1S/C23H29NO2/c1-16-8-7-11-23(2)13-21-18(12-20(16)23)19(22(25)26-21)15-24(3)14-17-9-5-4-6-10-17/h4-6,8-10,12,18-19,21H,7,11,13-15H2,1-3H3. The molecule has 1 fully saturated rings. The predicted molar refractivity (Wildman–Crippen MR) is 103 cm³/mol. The van der Waals surface area contributed by atoms with E-state index in [2.05, 4.69) is 62.2 Å². The van der Waals surface area contributed by atoms with Gasteiger partial charge < -0.3 is 9.64 Å². The Morgan fingerprint density at radius 2 is 2.04 bits per heavy atom. The second kappa shape index (κ2) is 6.70. The summed E-state index contributed by atoms with van der Waals surface area (Å²) >= 11 is 0. The summed E-state index contributed by atoms with van der Waals surface area (Å²) in [4.78, 5) is 14.9. The second-order valence-electron chi connectivity index (χ2n) is 8.61. The molecule has 0 spiro atoms. The number of ether oxygens (including phenoxy) is 1. The molecule has 4 atom stereocenters. The number of rotatable bonds is 4. The van der Waals surface area contributed by atoms with E-state index in [0.717, 1.165) is 32.4 Å². The summed E-state index contributed by atoms with van der Waals surface area (Å²) in [5.41, 5.74) is 4.30. The number of carbonyl (C=O) groups is 1.